The van der Waals surface area contributed by atoms with Gasteiger partial charge in [-0.1, -0.05) is 12.1 Å². The molecular weight excluding hydrogens is 220 g/mol. The molecule has 1 unspecified atom stereocenters. The van der Waals surface area contributed by atoms with Gasteiger partial charge in [0.1, 0.15) is 5.00 Å². The lowest BCUT2D eigenvalue weighted by Crippen LogP contribution is -2.20. The molecule has 1 aromatic heterocycles. The molecule has 0 aliphatic heterocycles. The quantitative estimate of drug-likeness (QED) is 0.854. The molecule has 1 aliphatic carbocycles. The van der Waals surface area contributed by atoms with E-state index in [1.165, 1.54) is 24.4 Å². The van der Waals surface area contributed by atoms with Gasteiger partial charge in [0.2, 0.25) is 0 Å². The highest BCUT2D eigenvalue weighted by Gasteiger charge is 2.29. The van der Waals surface area contributed by atoms with Gasteiger partial charge in [-0.05, 0) is 42.4 Å². The number of fused-ring (bicyclic) bond motifs is 1. The molecule has 4 heteroatoms. The van der Waals surface area contributed by atoms with Crippen LogP contribution in [0.3, 0.4) is 0 Å². The molecule has 1 fully saturated rings. The Morgan fingerprint density at radius 3 is 3.06 bits per heavy atom. The van der Waals surface area contributed by atoms with Crippen LogP contribution < -0.4 is 5.32 Å². The Bertz CT molecular complexity index is 492. The number of hydrogen-bond donors (Lipinski definition) is 2. The summed E-state index contributed by atoms with van der Waals surface area (Å²) in [5.74, 6) is 0.520. The van der Waals surface area contributed by atoms with Crippen LogP contribution in [0.4, 0.5) is 5.00 Å². The van der Waals surface area contributed by atoms with Gasteiger partial charge in [-0.15, -0.1) is 0 Å². The van der Waals surface area contributed by atoms with E-state index in [-0.39, 0.29) is 6.10 Å². The van der Waals surface area contributed by atoms with Gasteiger partial charge in [0, 0.05) is 11.9 Å². The van der Waals surface area contributed by atoms with E-state index in [1.54, 1.807) is 0 Å². The van der Waals surface area contributed by atoms with Crippen LogP contribution in [0.25, 0.3) is 10.9 Å². The van der Waals surface area contributed by atoms with Crippen molar-refractivity contribution in [2.45, 2.75) is 18.9 Å². The summed E-state index contributed by atoms with van der Waals surface area (Å²) in [7, 11) is 0. The van der Waals surface area contributed by atoms with Gasteiger partial charge in [0.05, 0.1) is 11.6 Å². The molecule has 0 radical (unpaired) electrons. The van der Waals surface area contributed by atoms with Gasteiger partial charge >= 0.3 is 0 Å². The Morgan fingerprint density at radius 1 is 1.44 bits per heavy atom. The molecule has 2 N–H and O–H groups in total. The lowest BCUT2D eigenvalue weighted by Gasteiger charge is -2.09. The number of aliphatic hydroxyl groups is 1. The highest BCUT2D eigenvalue weighted by Crippen LogP contribution is 2.33. The molecule has 3 rings (SSSR count). The van der Waals surface area contributed by atoms with Crippen LogP contribution in [0.15, 0.2) is 24.3 Å². The number of nitrogens with zero attached hydrogens (tertiary/aromatic N) is 1. The smallest absolute Gasteiger partial charge is 0.117 e. The Hall–Kier alpha value is -1.13. The van der Waals surface area contributed by atoms with Crippen molar-refractivity contribution in [1.82, 2.24) is 4.37 Å². The summed E-state index contributed by atoms with van der Waals surface area (Å²) < 4.78 is 4.35. The monoisotopic (exact) mass is 234 g/mol. The maximum absolute atomic E-state index is 9.78. The zero-order chi connectivity index (χ0) is 11.0. The van der Waals surface area contributed by atoms with Crippen molar-refractivity contribution >= 4 is 27.4 Å². The SMILES string of the molecule is OC(CNc1snc2ccccc12)C1CC1. The molecule has 3 nitrogen and oxygen atoms in total. The second-order valence-electron chi connectivity index (χ2n) is 4.31. The molecule has 1 aromatic carbocycles. The van der Waals surface area contributed by atoms with Gasteiger partial charge in [-0.3, -0.25) is 0 Å². The first-order valence-corrected chi connectivity index (χ1v) is 6.38. The van der Waals surface area contributed by atoms with Gasteiger partial charge in [-0.2, -0.15) is 4.37 Å². The fraction of sp³-hybridized carbons (Fsp3) is 0.417. The largest absolute Gasteiger partial charge is 0.391 e. The predicted octanol–water partition coefficient (Wildman–Crippen LogP) is 2.48. The summed E-state index contributed by atoms with van der Waals surface area (Å²) in [5.41, 5.74) is 1.02. The fourth-order valence-electron chi connectivity index (χ4n) is 1.86. The van der Waals surface area contributed by atoms with Crippen LogP contribution in [0.5, 0.6) is 0 Å². The third-order valence-corrected chi connectivity index (χ3v) is 3.86. The summed E-state index contributed by atoms with van der Waals surface area (Å²) in [6.45, 7) is 0.636. The lowest BCUT2D eigenvalue weighted by atomic mass is 10.2. The Kier molecular flexibility index (Phi) is 2.53. The number of benzene rings is 1. The second kappa shape index (κ2) is 4.03. The van der Waals surface area contributed by atoms with Crippen molar-refractivity contribution in [3.8, 4) is 0 Å². The molecule has 2 aromatic rings. The third-order valence-electron chi connectivity index (χ3n) is 3.02. The summed E-state index contributed by atoms with van der Waals surface area (Å²) in [5, 5.41) is 15.3. The highest BCUT2D eigenvalue weighted by atomic mass is 32.1. The van der Waals surface area contributed by atoms with Crippen molar-refractivity contribution in [3.63, 3.8) is 0 Å². The first-order valence-electron chi connectivity index (χ1n) is 5.61. The average molecular weight is 234 g/mol. The van der Waals surface area contributed by atoms with Gasteiger partial charge < -0.3 is 10.4 Å². The van der Waals surface area contributed by atoms with Crippen molar-refractivity contribution < 1.29 is 5.11 Å². The highest BCUT2D eigenvalue weighted by molar-refractivity contribution is 7.11. The van der Waals surface area contributed by atoms with Crippen LogP contribution >= 0.6 is 11.5 Å². The Labute approximate surface area is 98.3 Å². The molecule has 16 heavy (non-hydrogen) atoms. The lowest BCUT2D eigenvalue weighted by molar-refractivity contribution is 0.164. The minimum Gasteiger partial charge on any atom is -0.391 e. The summed E-state index contributed by atoms with van der Waals surface area (Å²) in [6.07, 6.45) is 2.14. The molecule has 1 saturated carbocycles. The Balaban J connectivity index is 1.73. The Morgan fingerprint density at radius 2 is 2.25 bits per heavy atom. The van der Waals surface area contributed by atoms with E-state index in [0.717, 1.165) is 15.9 Å². The first kappa shape index (κ1) is 10.1. The molecule has 0 spiro atoms. The standard InChI is InChI=1S/C12H14N2OS/c15-11(8-5-6-8)7-13-12-9-3-1-2-4-10(9)14-16-12/h1-4,8,11,13,15H,5-7H2. The maximum Gasteiger partial charge on any atom is 0.117 e. The average Bonchev–Trinajstić information content (AvgIpc) is 3.08. The summed E-state index contributed by atoms with van der Waals surface area (Å²) in [4.78, 5) is 0. The van der Waals surface area contributed by atoms with Crippen LogP contribution in [0.1, 0.15) is 12.8 Å². The van der Waals surface area contributed by atoms with Crippen molar-refractivity contribution in [3.05, 3.63) is 24.3 Å². The van der Waals surface area contributed by atoms with Crippen LogP contribution in [0.2, 0.25) is 0 Å². The van der Waals surface area contributed by atoms with E-state index in [4.69, 9.17) is 0 Å². The van der Waals surface area contributed by atoms with E-state index >= 15 is 0 Å². The van der Waals surface area contributed by atoms with E-state index in [2.05, 4.69) is 15.8 Å². The number of rotatable bonds is 4. The van der Waals surface area contributed by atoms with E-state index in [9.17, 15) is 5.11 Å². The molecule has 84 valence electrons. The fourth-order valence-corrected chi connectivity index (χ4v) is 2.63. The topological polar surface area (TPSA) is 45.1 Å². The number of anilines is 1. The molecular formula is C12H14N2OS. The number of aromatic nitrogens is 1. The van der Waals surface area contributed by atoms with E-state index < -0.39 is 0 Å². The van der Waals surface area contributed by atoms with Crippen molar-refractivity contribution in [2.24, 2.45) is 5.92 Å². The molecule has 0 saturated heterocycles. The minimum atomic E-state index is -0.208. The molecule has 0 bridgehead atoms. The van der Waals surface area contributed by atoms with Crippen LogP contribution in [0, 0.1) is 5.92 Å². The number of aliphatic hydroxyl groups excluding tert-OH is 1. The van der Waals surface area contributed by atoms with Crippen molar-refractivity contribution in [1.29, 1.82) is 0 Å². The normalized spacial score (nSPS) is 17.6. The van der Waals surface area contributed by atoms with Gasteiger partial charge in [0.15, 0.2) is 0 Å². The van der Waals surface area contributed by atoms with E-state index in [1.807, 2.05) is 18.2 Å². The zero-order valence-electron chi connectivity index (χ0n) is 8.89. The van der Waals surface area contributed by atoms with E-state index in [0.29, 0.717) is 12.5 Å². The first-order chi connectivity index (χ1) is 7.84. The zero-order valence-corrected chi connectivity index (χ0v) is 9.70. The maximum atomic E-state index is 9.78. The second-order valence-corrected chi connectivity index (χ2v) is 5.09. The molecule has 1 atom stereocenters. The molecule has 1 heterocycles. The molecule has 1 aliphatic rings. The minimum absolute atomic E-state index is 0.208. The number of nitrogens with one attached hydrogen (secondary N) is 1. The number of hydrogen-bond acceptors (Lipinski definition) is 4. The summed E-state index contributed by atoms with van der Waals surface area (Å²) in [6, 6.07) is 8.07. The summed E-state index contributed by atoms with van der Waals surface area (Å²) >= 11 is 1.46. The van der Waals surface area contributed by atoms with Crippen molar-refractivity contribution in [2.75, 3.05) is 11.9 Å². The van der Waals surface area contributed by atoms with Gasteiger partial charge in [0.25, 0.3) is 0 Å². The third kappa shape index (κ3) is 1.90. The van der Waals surface area contributed by atoms with Crippen LogP contribution in [-0.4, -0.2) is 22.1 Å². The predicted molar refractivity (Wildman–Crippen MR) is 66.8 cm³/mol. The van der Waals surface area contributed by atoms with Gasteiger partial charge in [-0.25, -0.2) is 0 Å². The molecule has 0 amide bonds. The van der Waals surface area contributed by atoms with Crippen LogP contribution in [-0.2, 0) is 0 Å².